The summed E-state index contributed by atoms with van der Waals surface area (Å²) in [5, 5.41) is 8.74. The van der Waals surface area contributed by atoms with Gasteiger partial charge >= 0.3 is 5.97 Å². The van der Waals surface area contributed by atoms with Crippen LogP contribution in [0.15, 0.2) is 16.5 Å². The van der Waals surface area contributed by atoms with Gasteiger partial charge in [0.25, 0.3) is 0 Å². The smallest absolute Gasteiger partial charge is 0.371 e. The van der Waals surface area contributed by atoms with Crippen LogP contribution in [0.3, 0.4) is 0 Å². The van der Waals surface area contributed by atoms with Crippen LogP contribution in [0.5, 0.6) is 0 Å². The third-order valence-electron chi connectivity index (χ3n) is 2.86. The summed E-state index contributed by atoms with van der Waals surface area (Å²) in [6.07, 6.45) is 0.478. The van der Waals surface area contributed by atoms with Gasteiger partial charge in [-0.15, -0.1) is 0 Å². The fourth-order valence-electron chi connectivity index (χ4n) is 1.35. The molecular formula is C13H20O5. The fraction of sp³-hybridized carbons (Fsp3) is 0.615. The zero-order valence-electron chi connectivity index (χ0n) is 11.2. The molecule has 1 N–H and O–H groups in total. The predicted molar refractivity (Wildman–Crippen MR) is 65.7 cm³/mol. The van der Waals surface area contributed by atoms with Crippen LogP contribution >= 0.6 is 0 Å². The molecule has 1 atom stereocenters. The van der Waals surface area contributed by atoms with Crippen LogP contribution in [0.25, 0.3) is 0 Å². The first-order valence-corrected chi connectivity index (χ1v) is 5.85. The molecule has 102 valence electrons. The van der Waals surface area contributed by atoms with E-state index in [1.54, 1.807) is 13.2 Å². The number of aromatic carboxylic acids is 1. The van der Waals surface area contributed by atoms with E-state index < -0.39 is 5.97 Å². The van der Waals surface area contributed by atoms with Gasteiger partial charge in [0.1, 0.15) is 11.9 Å². The summed E-state index contributed by atoms with van der Waals surface area (Å²) in [4.78, 5) is 10.7. The first kappa shape index (κ1) is 14.7. The quantitative estimate of drug-likeness (QED) is 0.812. The van der Waals surface area contributed by atoms with Crippen molar-refractivity contribution in [3.05, 3.63) is 23.7 Å². The number of methoxy groups -OCH3 is 1. The molecule has 18 heavy (non-hydrogen) atoms. The van der Waals surface area contributed by atoms with Gasteiger partial charge in [-0.05, 0) is 39.3 Å². The number of hydrogen-bond donors (Lipinski definition) is 1. The van der Waals surface area contributed by atoms with Crippen LogP contribution in [-0.4, -0.2) is 30.4 Å². The maximum Gasteiger partial charge on any atom is 0.371 e. The van der Waals surface area contributed by atoms with Crippen LogP contribution in [0, 0.1) is 0 Å². The van der Waals surface area contributed by atoms with Crippen molar-refractivity contribution in [2.75, 3.05) is 13.7 Å². The maximum absolute atomic E-state index is 10.7. The van der Waals surface area contributed by atoms with Crippen molar-refractivity contribution in [2.45, 2.75) is 38.9 Å². The highest BCUT2D eigenvalue weighted by atomic mass is 16.5. The largest absolute Gasteiger partial charge is 0.475 e. The Bertz CT molecular complexity index is 394. The van der Waals surface area contributed by atoms with Gasteiger partial charge in [-0.3, -0.25) is 0 Å². The molecule has 5 nitrogen and oxygen atoms in total. The summed E-state index contributed by atoms with van der Waals surface area (Å²) < 4.78 is 16.0. The molecule has 1 aromatic rings. The van der Waals surface area contributed by atoms with Gasteiger partial charge in [-0.1, -0.05) is 0 Å². The van der Waals surface area contributed by atoms with E-state index in [1.807, 2.05) is 20.8 Å². The molecule has 0 saturated carbocycles. The number of carbonyl (C=O) groups is 1. The van der Waals surface area contributed by atoms with Gasteiger partial charge in [-0.25, -0.2) is 4.79 Å². The van der Waals surface area contributed by atoms with Crippen LogP contribution < -0.4 is 0 Å². The second-order valence-corrected chi connectivity index (χ2v) is 4.73. The summed E-state index contributed by atoms with van der Waals surface area (Å²) >= 11 is 0. The molecule has 0 aliphatic carbocycles. The topological polar surface area (TPSA) is 68.9 Å². The number of ether oxygens (including phenoxy) is 2. The Balaban J connectivity index is 2.45. The Kier molecular flexibility index (Phi) is 4.93. The minimum Gasteiger partial charge on any atom is -0.475 e. The molecule has 0 amide bonds. The lowest BCUT2D eigenvalue weighted by molar-refractivity contribution is -0.0277. The number of furan rings is 1. The summed E-state index contributed by atoms with van der Waals surface area (Å²) in [7, 11) is 1.66. The predicted octanol–water partition coefficient (Wildman–Crippen LogP) is 2.87. The third-order valence-corrected chi connectivity index (χ3v) is 2.86. The average Bonchev–Trinajstić information content (AvgIpc) is 2.78. The van der Waals surface area contributed by atoms with E-state index in [0.29, 0.717) is 12.4 Å². The van der Waals surface area contributed by atoms with Crippen LogP contribution in [0.2, 0.25) is 0 Å². The highest BCUT2D eigenvalue weighted by Crippen LogP contribution is 2.21. The van der Waals surface area contributed by atoms with E-state index in [-0.39, 0.29) is 17.5 Å². The zero-order valence-corrected chi connectivity index (χ0v) is 11.2. The number of carboxylic acid groups (broad SMARTS) is 1. The van der Waals surface area contributed by atoms with Gasteiger partial charge < -0.3 is 19.0 Å². The molecular weight excluding hydrogens is 236 g/mol. The van der Waals surface area contributed by atoms with Gasteiger partial charge in [0.05, 0.1) is 12.2 Å². The van der Waals surface area contributed by atoms with Crippen molar-refractivity contribution in [1.82, 2.24) is 0 Å². The molecule has 0 saturated heterocycles. The SMILES string of the molecule is COC(C)(C)CCOC(C)c1ccc(C(=O)O)o1. The molecule has 1 heterocycles. The Morgan fingerprint density at radius 1 is 1.50 bits per heavy atom. The first-order valence-electron chi connectivity index (χ1n) is 5.85. The summed E-state index contributed by atoms with van der Waals surface area (Å²) in [6.45, 7) is 6.31. The van der Waals surface area contributed by atoms with E-state index in [2.05, 4.69) is 0 Å². The molecule has 0 aliphatic heterocycles. The van der Waals surface area contributed by atoms with Gasteiger partial charge in [0.15, 0.2) is 0 Å². The molecule has 0 bridgehead atoms. The lowest BCUT2D eigenvalue weighted by Gasteiger charge is -2.23. The zero-order chi connectivity index (χ0) is 13.8. The van der Waals surface area contributed by atoms with Crippen molar-refractivity contribution in [3.8, 4) is 0 Å². The normalized spacial score (nSPS) is 13.6. The van der Waals surface area contributed by atoms with Crippen LogP contribution in [0.1, 0.15) is 49.6 Å². The van der Waals surface area contributed by atoms with E-state index >= 15 is 0 Å². The Labute approximate surface area is 107 Å². The van der Waals surface area contributed by atoms with Crippen molar-refractivity contribution >= 4 is 5.97 Å². The minimum absolute atomic E-state index is 0.0716. The molecule has 1 unspecified atom stereocenters. The molecule has 0 radical (unpaired) electrons. The monoisotopic (exact) mass is 256 g/mol. The second kappa shape index (κ2) is 6.02. The Morgan fingerprint density at radius 2 is 2.17 bits per heavy atom. The molecule has 5 heteroatoms. The first-order chi connectivity index (χ1) is 8.35. The van der Waals surface area contributed by atoms with E-state index in [1.165, 1.54) is 6.07 Å². The van der Waals surface area contributed by atoms with Crippen LogP contribution in [0.4, 0.5) is 0 Å². The number of hydrogen-bond acceptors (Lipinski definition) is 4. The fourth-order valence-corrected chi connectivity index (χ4v) is 1.35. The number of rotatable bonds is 7. The summed E-state index contributed by atoms with van der Waals surface area (Å²) in [5.41, 5.74) is -0.227. The number of carboxylic acids is 1. The third kappa shape index (κ3) is 4.16. The van der Waals surface area contributed by atoms with Crippen molar-refractivity contribution in [2.24, 2.45) is 0 Å². The Hall–Kier alpha value is -1.33. The van der Waals surface area contributed by atoms with E-state index in [9.17, 15) is 4.79 Å². The second-order valence-electron chi connectivity index (χ2n) is 4.73. The van der Waals surface area contributed by atoms with Crippen molar-refractivity contribution in [3.63, 3.8) is 0 Å². The molecule has 1 rings (SSSR count). The molecule has 0 fully saturated rings. The van der Waals surface area contributed by atoms with E-state index in [0.717, 1.165) is 6.42 Å². The highest BCUT2D eigenvalue weighted by molar-refractivity contribution is 5.84. The van der Waals surface area contributed by atoms with Gasteiger partial charge in [-0.2, -0.15) is 0 Å². The summed E-state index contributed by atoms with van der Waals surface area (Å²) in [6, 6.07) is 3.05. The van der Waals surface area contributed by atoms with Crippen molar-refractivity contribution in [1.29, 1.82) is 0 Å². The van der Waals surface area contributed by atoms with Gasteiger partial charge in [0, 0.05) is 7.11 Å². The maximum atomic E-state index is 10.7. The Morgan fingerprint density at radius 3 is 2.67 bits per heavy atom. The van der Waals surface area contributed by atoms with Crippen molar-refractivity contribution < 1.29 is 23.8 Å². The highest BCUT2D eigenvalue weighted by Gasteiger charge is 2.18. The molecule has 0 aromatic carbocycles. The molecule has 0 spiro atoms. The lowest BCUT2D eigenvalue weighted by atomic mass is 10.1. The molecule has 1 aromatic heterocycles. The standard InChI is InChI=1S/C13H20O5/c1-9(17-8-7-13(2,3)16-4)10-5-6-11(18-10)12(14)15/h5-6,9H,7-8H2,1-4H3,(H,14,15). The lowest BCUT2D eigenvalue weighted by Crippen LogP contribution is -2.24. The summed E-state index contributed by atoms with van der Waals surface area (Å²) in [5.74, 6) is -0.630. The average molecular weight is 256 g/mol. The van der Waals surface area contributed by atoms with Gasteiger partial charge in [0.2, 0.25) is 5.76 Å². The van der Waals surface area contributed by atoms with E-state index in [4.69, 9.17) is 19.0 Å². The van der Waals surface area contributed by atoms with Crippen LogP contribution in [-0.2, 0) is 9.47 Å². The minimum atomic E-state index is -1.08. The molecule has 0 aliphatic rings.